The SMILES string of the molecule is COc1ccc(CCC(=O)OCC(=O)N(CCC#N)C23CC4CC(CC(C4)C2)C3)cc1. The number of hydrogen-bond acceptors (Lipinski definition) is 5. The van der Waals surface area contributed by atoms with Crippen molar-refractivity contribution < 1.29 is 19.1 Å². The van der Waals surface area contributed by atoms with Gasteiger partial charge in [0.15, 0.2) is 6.61 Å². The van der Waals surface area contributed by atoms with Crippen molar-refractivity contribution in [2.75, 3.05) is 20.3 Å². The lowest BCUT2D eigenvalue weighted by Crippen LogP contribution is -2.62. The van der Waals surface area contributed by atoms with Gasteiger partial charge in [-0.2, -0.15) is 5.26 Å². The molecule has 0 spiro atoms. The molecule has 31 heavy (non-hydrogen) atoms. The average Bonchev–Trinajstić information content (AvgIpc) is 2.75. The predicted molar refractivity (Wildman–Crippen MR) is 115 cm³/mol. The van der Waals surface area contributed by atoms with E-state index in [0.717, 1.165) is 30.6 Å². The first-order chi connectivity index (χ1) is 15.0. The van der Waals surface area contributed by atoms with Gasteiger partial charge in [-0.3, -0.25) is 9.59 Å². The maximum Gasteiger partial charge on any atom is 0.306 e. The van der Waals surface area contributed by atoms with Crippen molar-refractivity contribution in [3.05, 3.63) is 29.8 Å². The second kappa shape index (κ2) is 9.30. The Hall–Kier alpha value is -2.55. The van der Waals surface area contributed by atoms with Crippen LogP contribution in [0.3, 0.4) is 0 Å². The highest BCUT2D eigenvalue weighted by molar-refractivity contribution is 5.81. The maximum atomic E-state index is 13.1. The molecule has 0 heterocycles. The largest absolute Gasteiger partial charge is 0.497 e. The Kier molecular flexibility index (Phi) is 6.50. The molecule has 4 bridgehead atoms. The number of amides is 1. The zero-order valence-electron chi connectivity index (χ0n) is 18.3. The summed E-state index contributed by atoms with van der Waals surface area (Å²) in [6.45, 7) is 0.208. The summed E-state index contributed by atoms with van der Waals surface area (Å²) in [6, 6.07) is 9.76. The molecule has 0 saturated heterocycles. The molecule has 4 saturated carbocycles. The number of methoxy groups -OCH3 is 1. The zero-order chi connectivity index (χ0) is 21.8. The second-order valence-corrected chi connectivity index (χ2v) is 9.60. The van der Waals surface area contributed by atoms with Crippen LogP contribution in [0.25, 0.3) is 0 Å². The van der Waals surface area contributed by atoms with Crippen molar-refractivity contribution in [2.24, 2.45) is 17.8 Å². The molecule has 0 radical (unpaired) electrons. The summed E-state index contributed by atoms with van der Waals surface area (Å²) in [5.41, 5.74) is 0.895. The summed E-state index contributed by atoms with van der Waals surface area (Å²) in [4.78, 5) is 27.3. The Balaban J connectivity index is 1.32. The van der Waals surface area contributed by atoms with E-state index in [4.69, 9.17) is 14.7 Å². The number of carbonyl (C=O) groups excluding carboxylic acids is 2. The number of hydrogen-bond donors (Lipinski definition) is 0. The lowest BCUT2D eigenvalue weighted by atomic mass is 9.52. The van der Waals surface area contributed by atoms with Crippen molar-refractivity contribution in [3.63, 3.8) is 0 Å². The van der Waals surface area contributed by atoms with Gasteiger partial charge in [0.1, 0.15) is 5.75 Å². The van der Waals surface area contributed by atoms with Crippen LogP contribution in [0, 0.1) is 29.1 Å². The van der Waals surface area contributed by atoms with Gasteiger partial charge in [0.2, 0.25) is 0 Å². The Labute approximate surface area is 184 Å². The molecule has 6 nitrogen and oxygen atoms in total. The number of nitriles is 1. The lowest BCUT2D eigenvalue weighted by molar-refractivity contribution is -0.162. The number of benzene rings is 1. The first-order valence-corrected chi connectivity index (χ1v) is 11.5. The molecule has 6 heteroatoms. The van der Waals surface area contributed by atoms with Gasteiger partial charge in [0, 0.05) is 18.5 Å². The molecular formula is C25H32N2O4. The predicted octanol–water partition coefficient (Wildman–Crippen LogP) is 3.88. The minimum absolute atomic E-state index is 0.127. The van der Waals surface area contributed by atoms with Gasteiger partial charge in [0.25, 0.3) is 5.91 Å². The fourth-order valence-corrected chi connectivity index (χ4v) is 6.51. The van der Waals surface area contributed by atoms with E-state index >= 15 is 0 Å². The van der Waals surface area contributed by atoms with Gasteiger partial charge in [-0.05, 0) is 80.4 Å². The topological polar surface area (TPSA) is 79.6 Å². The van der Waals surface area contributed by atoms with Crippen LogP contribution in [-0.2, 0) is 20.7 Å². The summed E-state index contributed by atoms with van der Waals surface area (Å²) in [7, 11) is 1.62. The minimum atomic E-state index is -0.366. The van der Waals surface area contributed by atoms with Crippen molar-refractivity contribution in [3.8, 4) is 11.8 Å². The molecule has 4 aliphatic rings. The van der Waals surface area contributed by atoms with Crippen molar-refractivity contribution >= 4 is 11.9 Å². The van der Waals surface area contributed by atoms with Crippen LogP contribution in [0.2, 0.25) is 0 Å². The molecule has 166 valence electrons. The molecule has 4 fully saturated rings. The fourth-order valence-electron chi connectivity index (χ4n) is 6.51. The molecule has 1 aromatic rings. The van der Waals surface area contributed by atoms with Crippen LogP contribution in [0.1, 0.15) is 56.9 Å². The first-order valence-electron chi connectivity index (χ1n) is 11.5. The molecule has 0 unspecified atom stereocenters. The lowest BCUT2D eigenvalue weighted by Gasteiger charge is -2.60. The normalized spacial score (nSPS) is 28.1. The monoisotopic (exact) mass is 424 g/mol. The quantitative estimate of drug-likeness (QED) is 0.562. The molecule has 5 rings (SSSR count). The van der Waals surface area contributed by atoms with Gasteiger partial charge in [-0.15, -0.1) is 0 Å². The van der Waals surface area contributed by atoms with Crippen LogP contribution < -0.4 is 4.74 Å². The highest BCUT2D eigenvalue weighted by atomic mass is 16.5. The van der Waals surface area contributed by atoms with E-state index in [1.54, 1.807) is 7.11 Å². The smallest absolute Gasteiger partial charge is 0.306 e. The molecule has 1 aromatic carbocycles. The van der Waals surface area contributed by atoms with E-state index in [1.165, 1.54) is 19.3 Å². The van der Waals surface area contributed by atoms with Crippen LogP contribution >= 0.6 is 0 Å². The Bertz CT molecular complexity index is 807. The van der Waals surface area contributed by atoms with E-state index in [2.05, 4.69) is 6.07 Å². The van der Waals surface area contributed by atoms with Crippen LogP contribution in [-0.4, -0.2) is 42.6 Å². The van der Waals surface area contributed by atoms with Crippen molar-refractivity contribution in [1.82, 2.24) is 4.90 Å². The highest BCUT2D eigenvalue weighted by Gasteiger charge is 2.54. The van der Waals surface area contributed by atoms with E-state index in [9.17, 15) is 9.59 Å². The highest BCUT2D eigenvalue weighted by Crippen LogP contribution is 2.57. The van der Waals surface area contributed by atoms with Gasteiger partial charge in [0.05, 0.1) is 19.6 Å². The van der Waals surface area contributed by atoms with Gasteiger partial charge >= 0.3 is 5.97 Å². The Morgan fingerprint density at radius 3 is 2.26 bits per heavy atom. The number of carbonyl (C=O) groups is 2. The van der Waals surface area contributed by atoms with Crippen molar-refractivity contribution in [1.29, 1.82) is 5.26 Å². The summed E-state index contributed by atoms with van der Waals surface area (Å²) in [6.07, 6.45) is 8.11. The van der Waals surface area contributed by atoms with E-state index in [0.29, 0.717) is 37.1 Å². The zero-order valence-corrected chi connectivity index (χ0v) is 18.3. The summed E-state index contributed by atoms with van der Waals surface area (Å²) < 4.78 is 10.5. The number of esters is 1. The minimum Gasteiger partial charge on any atom is -0.497 e. The average molecular weight is 425 g/mol. The third-order valence-electron chi connectivity index (χ3n) is 7.46. The van der Waals surface area contributed by atoms with Crippen LogP contribution in [0.15, 0.2) is 24.3 Å². The number of aryl methyl sites for hydroxylation is 1. The van der Waals surface area contributed by atoms with E-state index in [-0.39, 0.29) is 30.4 Å². The van der Waals surface area contributed by atoms with Crippen LogP contribution in [0.5, 0.6) is 5.75 Å². The van der Waals surface area contributed by atoms with Crippen LogP contribution in [0.4, 0.5) is 0 Å². The second-order valence-electron chi connectivity index (χ2n) is 9.60. The fraction of sp³-hybridized carbons (Fsp3) is 0.640. The third kappa shape index (κ3) is 4.87. The van der Waals surface area contributed by atoms with E-state index < -0.39 is 0 Å². The number of rotatable bonds is 9. The van der Waals surface area contributed by atoms with E-state index in [1.807, 2.05) is 29.2 Å². The van der Waals surface area contributed by atoms with Gasteiger partial charge in [-0.25, -0.2) is 0 Å². The third-order valence-corrected chi connectivity index (χ3v) is 7.46. The first kappa shape index (κ1) is 21.7. The summed E-state index contributed by atoms with van der Waals surface area (Å²) in [5, 5.41) is 9.13. The Morgan fingerprint density at radius 2 is 1.71 bits per heavy atom. The molecular weight excluding hydrogens is 392 g/mol. The molecule has 0 atom stereocenters. The van der Waals surface area contributed by atoms with Gasteiger partial charge < -0.3 is 14.4 Å². The number of ether oxygens (including phenoxy) is 2. The molecule has 0 aliphatic heterocycles. The van der Waals surface area contributed by atoms with Gasteiger partial charge in [-0.1, -0.05) is 12.1 Å². The maximum absolute atomic E-state index is 13.1. The molecule has 4 aliphatic carbocycles. The standard InChI is InChI=1S/C25H32N2O4/c1-30-22-6-3-18(4-7-22)5-8-24(29)31-17-23(28)27(10-2-9-26)25-14-19-11-20(15-25)13-21(12-19)16-25/h3-4,6-7,19-21H,2,5,8,10-17H2,1H3. The Morgan fingerprint density at radius 1 is 1.10 bits per heavy atom. The summed E-state index contributed by atoms with van der Waals surface area (Å²) >= 11 is 0. The number of nitrogens with zero attached hydrogens (tertiary/aromatic N) is 2. The molecule has 1 amide bonds. The van der Waals surface area contributed by atoms with Crippen molar-refractivity contribution in [2.45, 2.75) is 63.3 Å². The summed E-state index contributed by atoms with van der Waals surface area (Å²) in [5.74, 6) is 2.38. The molecule has 0 N–H and O–H groups in total. The molecule has 0 aromatic heterocycles.